The number of amides is 1. The van der Waals surface area contributed by atoms with Gasteiger partial charge < -0.3 is 10.1 Å². The van der Waals surface area contributed by atoms with Gasteiger partial charge in [-0.15, -0.1) is 11.3 Å². The van der Waals surface area contributed by atoms with Crippen LogP contribution in [0.15, 0.2) is 40.6 Å². The van der Waals surface area contributed by atoms with Gasteiger partial charge in [-0.05, 0) is 43.7 Å². The molecule has 0 radical (unpaired) electrons. The minimum Gasteiger partial charge on any atom is -0.497 e. The van der Waals surface area contributed by atoms with Crippen molar-refractivity contribution in [3.05, 3.63) is 51.8 Å². The molecule has 0 unspecified atom stereocenters. The molecule has 24 heavy (non-hydrogen) atoms. The molecule has 2 aromatic heterocycles. The number of ether oxygens (including phenoxy) is 1. The molecule has 1 N–H and O–H groups in total. The number of nitrogens with zero attached hydrogens (tertiary/aromatic N) is 2. The quantitative estimate of drug-likeness (QED) is 0.790. The van der Waals surface area contributed by atoms with E-state index in [1.807, 2.05) is 43.5 Å². The van der Waals surface area contributed by atoms with Gasteiger partial charge in [-0.25, -0.2) is 4.98 Å². The van der Waals surface area contributed by atoms with Gasteiger partial charge in [0, 0.05) is 17.6 Å². The Morgan fingerprint density at radius 1 is 1.29 bits per heavy atom. The predicted octanol–water partition coefficient (Wildman–Crippen LogP) is 2.57. The predicted molar refractivity (Wildman–Crippen MR) is 93.9 cm³/mol. The number of thiazole rings is 1. The van der Waals surface area contributed by atoms with E-state index in [1.165, 1.54) is 21.9 Å². The fourth-order valence-electron chi connectivity index (χ4n) is 2.35. The second-order valence-electron chi connectivity index (χ2n) is 5.57. The maximum atomic E-state index is 12.8. The van der Waals surface area contributed by atoms with E-state index in [1.54, 1.807) is 7.11 Å². The van der Waals surface area contributed by atoms with E-state index < -0.39 is 5.91 Å². The molecular formula is C17H17N3O3S. The third kappa shape index (κ3) is 2.90. The van der Waals surface area contributed by atoms with Crippen LogP contribution in [0.3, 0.4) is 0 Å². The molecule has 0 spiro atoms. The first-order chi connectivity index (χ1) is 11.5. The summed E-state index contributed by atoms with van der Waals surface area (Å²) in [6.45, 7) is 3.68. The zero-order valence-corrected chi connectivity index (χ0v) is 14.4. The lowest BCUT2D eigenvalue weighted by molar-refractivity contribution is 0.0941. The van der Waals surface area contributed by atoms with Crippen LogP contribution in [0.2, 0.25) is 0 Å². The van der Waals surface area contributed by atoms with Crippen LogP contribution in [0, 0.1) is 0 Å². The van der Waals surface area contributed by atoms with Crippen molar-refractivity contribution >= 4 is 22.2 Å². The molecule has 0 aliphatic heterocycles. The van der Waals surface area contributed by atoms with Gasteiger partial charge >= 0.3 is 0 Å². The van der Waals surface area contributed by atoms with Crippen LogP contribution in [-0.2, 0) is 0 Å². The summed E-state index contributed by atoms with van der Waals surface area (Å²) in [6, 6.07) is 7.33. The molecule has 0 fully saturated rings. The number of hydrogen-bond donors (Lipinski definition) is 1. The summed E-state index contributed by atoms with van der Waals surface area (Å²) in [5.41, 5.74) is 1.22. The van der Waals surface area contributed by atoms with Crippen LogP contribution in [-0.4, -0.2) is 28.4 Å². The summed E-state index contributed by atoms with van der Waals surface area (Å²) < 4.78 is 6.63. The highest BCUT2D eigenvalue weighted by atomic mass is 32.1. The molecule has 1 aromatic carbocycles. The molecule has 2 heterocycles. The van der Waals surface area contributed by atoms with Crippen LogP contribution in [0.25, 0.3) is 16.2 Å². The maximum Gasteiger partial charge on any atom is 0.271 e. The van der Waals surface area contributed by atoms with Gasteiger partial charge in [-0.3, -0.25) is 14.0 Å². The summed E-state index contributed by atoms with van der Waals surface area (Å²) in [7, 11) is 1.60. The lowest BCUT2D eigenvalue weighted by Gasteiger charge is -2.08. The van der Waals surface area contributed by atoms with Gasteiger partial charge in [0.05, 0.1) is 12.8 Å². The number of aromatic nitrogens is 2. The molecule has 6 nitrogen and oxygen atoms in total. The van der Waals surface area contributed by atoms with Gasteiger partial charge in [0.25, 0.3) is 11.5 Å². The Hall–Kier alpha value is -2.67. The lowest BCUT2D eigenvalue weighted by atomic mass is 10.1. The van der Waals surface area contributed by atoms with Crippen molar-refractivity contribution < 1.29 is 9.53 Å². The third-order valence-corrected chi connectivity index (χ3v) is 4.34. The first-order valence-electron chi connectivity index (χ1n) is 7.46. The van der Waals surface area contributed by atoms with Gasteiger partial charge in [-0.2, -0.15) is 0 Å². The van der Waals surface area contributed by atoms with Gasteiger partial charge in [-0.1, -0.05) is 0 Å². The minimum absolute atomic E-state index is 0.0364. The Morgan fingerprint density at radius 2 is 2.00 bits per heavy atom. The van der Waals surface area contributed by atoms with Gasteiger partial charge in [0.2, 0.25) is 0 Å². The molecule has 7 heteroatoms. The maximum absolute atomic E-state index is 12.8. The van der Waals surface area contributed by atoms with Crippen molar-refractivity contribution in [2.24, 2.45) is 0 Å². The standard InChI is InChI=1S/C17H17N3O3S/c1-10(2)19-15(21)13-8-18-17-20(16(13)22)14(9-24-17)11-4-6-12(23-3)7-5-11/h4-10H,1-3H3,(H,19,21). The normalized spacial score (nSPS) is 11.0. The van der Waals surface area contributed by atoms with Crippen molar-refractivity contribution in [2.45, 2.75) is 19.9 Å². The molecule has 0 aliphatic rings. The molecule has 0 bridgehead atoms. The molecule has 0 saturated carbocycles. The monoisotopic (exact) mass is 343 g/mol. The molecule has 1 amide bonds. The second kappa shape index (κ2) is 6.45. The van der Waals surface area contributed by atoms with E-state index in [9.17, 15) is 9.59 Å². The fraction of sp³-hybridized carbons (Fsp3) is 0.235. The summed E-state index contributed by atoms with van der Waals surface area (Å²) in [6.07, 6.45) is 1.34. The van der Waals surface area contributed by atoms with Crippen LogP contribution < -0.4 is 15.6 Å². The number of rotatable bonds is 4. The van der Waals surface area contributed by atoms with Crippen molar-refractivity contribution in [3.63, 3.8) is 0 Å². The van der Waals surface area contributed by atoms with Crippen molar-refractivity contribution in [1.82, 2.24) is 14.7 Å². The average molecular weight is 343 g/mol. The van der Waals surface area contributed by atoms with Crippen molar-refractivity contribution in [2.75, 3.05) is 7.11 Å². The average Bonchev–Trinajstić information content (AvgIpc) is 2.99. The highest BCUT2D eigenvalue weighted by molar-refractivity contribution is 7.15. The molecular weight excluding hydrogens is 326 g/mol. The van der Waals surface area contributed by atoms with E-state index >= 15 is 0 Å². The Kier molecular flexibility index (Phi) is 4.35. The summed E-state index contributed by atoms with van der Waals surface area (Å²) >= 11 is 1.36. The van der Waals surface area contributed by atoms with E-state index in [0.717, 1.165) is 11.3 Å². The van der Waals surface area contributed by atoms with E-state index in [4.69, 9.17) is 4.74 Å². The Labute approximate surface area is 142 Å². The van der Waals surface area contributed by atoms with E-state index in [-0.39, 0.29) is 17.2 Å². The second-order valence-corrected chi connectivity index (χ2v) is 6.41. The number of carbonyl (C=O) groups excluding carboxylic acids is 1. The van der Waals surface area contributed by atoms with Gasteiger partial charge in [0.1, 0.15) is 11.3 Å². The Morgan fingerprint density at radius 3 is 2.62 bits per heavy atom. The highest BCUT2D eigenvalue weighted by Crippen LogP contribution is 2.25. The number of nitrogens with one attached hydrogen (secondary N) is 1. The zero-order valence-electron chi connectivity index (χ0n) is 13.6. The van der Waals surface area contributed by atoms with Crippen LogP contribution in [0.1, 0.15) is 24.2 Å². The van der Waals surface area contributed by atoms with Crippen LogP contribution >= 0.6 is 11.3 Å². The van der Waals surface area contributed by atoms with Crippen LogP contribution in [0.5, 0.6) is 5.75 Å². The van der Waals surface area contributed by atoms with E-state index in [2.05, 4.69) is 10.3 Å². The molecule has 0 atom stereocenters. The molecule has 3 aromatic rings. The zero-order chi connectivity index (χ0) is 17.3. The Balaban J connectivity index is 2.13. The summed E-state index contributed by atoms with van der Waals surface area (Å²) in [4.78, 5) is 29.8. The lowest BCUT2D eigenvalue weighted by Crippen LogP contribution is -2.35. The number of methoxy groups -OCH3 is 1. The fourth-order valence-corrected chi connectivity index (χ4v) is 3.21. The molecule has 124 valence electrons. The van der Waals surface area contributed by atoms with Crippen LogP contribution in [0.4, 0.5) is 0 Å². The number of fused-ring (bicyclic) bond motifs is 1. The topological polar surface area (TPSA) is 72.7 Å². The number of carbonyl (C=O) groups is 1. The number of hydrogen-bond acceptors (Lipinski definition) is 5. The Bertz CT molecular complexity index is 942. The first kappa shape index (κ1) is 16.2. The molecule has 0 aliphatic carbocycles. The smallest absolute Gasteiger partial charge is 0.271 e. The summed E-state index contributed by atoms with van der Waals surface area (Å²) in [5, 5.41) is 4.58. The molecule has 3 rings (SSSR count). The first-order valence-corrected chi connectivity index (χ1v) is 8.33. The SMILES string of the molecule is COc1ccc(-c2csc3ncc(C(=O)NC(C)C)c(=O)n23)cc1. The van der Waals surface area contributed by atoms with Gasteiger partial charge in [0.15, 0.2) is 4.96 Å². The highest BCUT2D eigenvalue weighted by Gasteiger charge is 2.17. The van der Waals surface area contributed by atoms with Crippen molar-refractivity contribution in [1.29, 1.82) is 0 Å². The van der Waals surface area contributed by atoms with Crippen molar-refractivity contribution in [3.8, 4) is 17.0 Å². The van der Waals surface area contributed by atoms with E-state index in [0.29, 0.717) is 10.7 Å². The third-order valence-electron chi connectivity index (χ3n) is 3.50. The number of benzene rings is 1. The minimum atomic E-state index is -0.413. The molecule has 0 saturated heterocycles. The largest absolute Gasteiger partial charge is 0.497 e. The summed E-state index contributed by atoms with van der Waals surface area (Å²) in [5.74, 6) is 0.324.